The molecule has 0 unspecified atom stereocenters. The number of rotatable bonds is 5. The average molecular weight is 435 g/mol. The maximum atomic E-state index is 13.3. The highest BCUT2D eigenvalue weighted by molar-refractivity contribution is 6.35. The highest BCUT2D eigenvalue weighted by atomic mass is 35.5. The van der Waals surface area contributed by atoms with Gasteiger partial charge in [0, 0.05) is 49.5 Å². The smallest absolute Gasteiger partial charge is 0.253 e. The lowest BCUT2D eigenvalue weighted by Gasteiger charge is -2.37. The van der Waals surface area contributed by atoms with Gasteiger partial charge in [-0.05, 0) is 48.2 Å². The third kappa shape index (κ3) is 4.74. The lowest BCUT2D eigenvalue weighted by molar-refractivity contribution is -0.130. The SMILES string of the molecule is CN(C)C(=O)c1ccc(CNC(=O)C2(c3ccc(Cl)cc3Cl)CCOCC2)cc1. The zero-order valence-electron chi connectivity index (χ0n) is 16.5. The Bertz CT molecular complexity index is 891. The first-order chi connectivity index (χ1) is 13.8. The molecule has 0 saturated carbocycles. The van der Waals surface area contributed by atoms with Crippen molar-refractivity contribution in [2.24, 2.45) is 0 Å². The van der Waals surface area contributed by atoms with Crippen LogP contribution in [0.3, 0.4) is 0 Å². The number of benzene rings is 2. The van der Waals surface area contributed by atoms with Crippen molar-refractivity contribution in [3.63, 3.8) is 0 Å². The molecule has 7 heteroatoms. The van der Waals surface area contributed by atoms with Gasteiger partial charge in [0.2, 0.25) is 5.91 Å². The number of halogens is 2. The van der Waals surface area contributed by atoms with Gasteiger partial charge in [-0.3, -0.25) is 9.59 Å². The Morgan fingerprint density at radius 2 is 1.72 bits per heavy atom. The fourth-order valence-electron chi connectivity index (χ4n) is 3.59. The van der Waals surface area contributed by atoms with Gasteiger partial charge >= 0.3 is 0 Å². The number of hydrogen-bond donors (Lipinski definition) is 1. The maximum absolute atomic E-state index is 13.3. The van der Waals surface area contributed by atoms with Crippen LogP contribution in [0.15, 0.2) is 42.5 Å². The number of nitrogens with zero attached hydrogens (tertiary/aromatic N) is 1. The Labute approximate surface area is 180 Å². The van der Waals surface area contributed by atoms with Gasteiger partial charge in [0.05, 0.1) is 5.41 Å². The van der Waals surface area contributed by atoms with Crippen molar-refractivity contribution in [2.45, 2.75) is 24.8 Å². The number of hydrogen-bond acceptors (Lipinski definition) is 3. The summed E-state index contributed by atoms with van der Waals surface area (Å²) in [6.07, 6.45) is 1.10. The van der Waals surface area contributed by atoms with E-state index >= 15 is 0 Å². The van der Waals surface area contributed by atoms with E-state index in [4.69, 9.17) is 27.9 Å². The van der Waals surface area contributed by atoms with Crippen molar-refractivity contribution in [3.8, 4) is 0 Å². The summed E-state index contributed by atoms with van der Waals surface area (Å²) in [4.78, 5) is 26.8. The van der Waals surface area contributed by atoms with Gasteiger partial charge in [-0.2, -0.15) is 0 Å². The summed E-state index contributed by atoms with van der Waals surface area (Å²) >= 11 is 12.5. The van der Waals surface area contributed by atoms with Crippen LogP contribution in [0.1, 0.15) is 34.3 Å². The molecule has 0 aromatic heterocycles. The van der Waals surface area contributed by atoms with Crippen LogP contribution in [-0.2, 0) is 21.5 Å². The van der Waals surface area contributed by atoms with Crippen molar-refractivity contribution in [2.75, 3.05) is 27.3 Å². The van der Waals surface area contributed by atoms with Gasteiger partial charge in [-0.25, -0.2) is 0 Å². The maximum Gasteiger partial charge on any atom is 0.253 e. The predicted octanol–water partition coefficient (Wildman–Crippen LogP) is 4.06. The van der Waals surface area contributed by atoms with Crippen molar-refractivity contribution in [3.05, 3.63) is 69.2 Å². The van der Waals surface area contributed by atoms with Crippen LogP contribution < -0.4 is 5.32 Å². The lowest BCUT2D eigenvalue weighted by atomic mass is 9.73. The van der Waals surface area contributed by atoms with Crippen LogP contribution in [0.2, 0.25) is 10.0 Å². The number of amides is 2. The van der Waals surface area contributed by atoms with Crippen LogP contribution in [0.5, 0.6) is 0 Å². The van der Waals surface area contributed by atoms with Crippen molar-refractivity contribution in [1.82, 2.24) is 10.2 Å². The summed E-state index contributed by atoms with van der Waals surface area (Å²) in [5, 5.41) is 4.06. The molecule has 2 amide bonds. The first-order valence-electron chi connectivity index (χ1n) is 9.46. The molecule has 3 rings (SSSR count). The van der Waals surface area contributed by atoms with E-state index in [-0.39, 0.29) is 11.8 Å². The first-order valence-corrected chi connectivity index (χ1v) is 10.2. The molecular weight excluding hydrogens is 411 g/mol. The molecule has 0 spiro atoms. The molecule has 2 aromatic carbocycles. The van der Waals surface area contributed by atoms with Crippen molar-refractivity contribution < 1.29 is 14.3 Å². The number of carbonyl (C=O) groups excluding carboxylic acids is 2. The quantitative estimate of drug-likeness (QED) is 0.771. The third-order valence-corrected chi connectivity index (χ3v) is 5.84. The van der Waals surface area contributed by atoms with Crippen LogP contribution in [0.4, 0.5) is 0 Å². The van der Waals surface area contributed by atoms with Gasteiger partial charge in [0.15, 0.2) is 0 Å². The highest BCUT2D eigenvalue weighted by Crippen LogP contribution is 2.40. The minimum Gasteiger partial charge on any atom is -0.381 e. The summed E-state index contributed by atoms with van der Waals surface area (Å²) < 4.78 is 5.49. The molecule has 1 N–H and O–H groups in total. The van der Waals surface area contributed by atoms with Crippen molar-refractivity contribution >= 4 is 35.0 Å². The largest absolute Gasteiger partial charge is 0.381 e. The van der Waals surface area contributed by atoms with Gasteiger partial charge in [-0.1, -0.05) is 41.4 Å². The van der Waals surface area contributed by atoms with E-state index in [9.17, 15) is 9.59 Å². The Kier molecular flexibility index (Phi) is 6.83. The number of nitrogens with one attached hydrogen (secondary N) is 1. The van der Waals surface area contributed by atoms with E-state index in [0.717, 1.165) is 11.1 Å². The zero-order chi connectivity index (χ0) is 21.0. The van der Waals surface area contributed by atoms with Crippen molar-refractivity contribution in [1.29, 1.82) is 0 Å². The Balaban J connectivity index is 1.77. The van der Waals surface area contributed by atoms with E-state index in [1.807, 2.05) is 18.2 Å². The average Bonchev–Trinajstić information content (AvgIpc) is 2.72. The summed E-state index contributed by atoms with van der Waals surface area (Å²) in [5.41, 5.74) is 1.55. The lowest BCUT2D eigenvalue weighted by Crippen LogP contribution is -2.48. The second-order valence-electron chi connectivity index (χ2n) is 7.40. The second-order valence-corrected chi connectivity index (χ2v) is 8.24. The molecule has 2 aromatic rings. The van der Waals surface area contributed by atoms with Crippen LogP contribution >= 0.6 is 23.2 Å². The summed E-state index contributed by atoms with van der Waals surface area (Å²) in [6.45, 7) is 1.35. The molecule has 0 aliphatic carbocycles. The van der Waals surface area contributed by atoms with Crippen LogP contribution in [0, 0.1) is 0 Å². The topological polar surface area (TPSA) is 58.6 Å². The minimum atomic E-state index is -0.749. The molecule has 0 radical (unpaired) electrons. The standard InChI is InChI=1S/C22H24Cl2N2O3/c1-26(2)20(27)16-5-3-15(4-6-16)14-25-21(28)22(9-11-29-12-10-22)18-8-7-17(23)13-19(18)24/h3-8,13H,9-12,14H2,1-2H3,(H,25,28). The third-order valence-electron chi connectivity index (χ3n) is 5.29. The molecule has 0 atom stereocenters. The van der Waals surface area contributed by atoms with Gasteiger partial charge in [0.1, 0.15) is 0 Å². The Hall–Kier alpha value is -2.08. The molecule has 154 valence electrons. The summed E-state index contributed by atoms with van der Waals surface area (Å²) in [5.74, 6) is -0.141. The summed E-state index contributed by atoms with van der Waals surface area (Å²) in [7, 11) is 3.43. The molecule has 5 nitrogen and oxygen atoms in total. The number of carbonyl (C=O) groups is 2. The van der Waals surface area contributed by atoms with Gasteiger partial charge in [-0.15, -0.1) is 0 Å². The monoisotopic (exact) mass is 434 g/mol. The molecular formula is C22H24Cl2N2O3. The van der Waals surface area contributed by atoms with Gasteiger partial charge < -0.3 is 15.0 Å². The minimum absolute atomic E-state index is 0.0564. The Morgan fingerprint density at radius 1 is 1.07 bits per heavy atom. The molecule has 0 bridgehead atoms. The fourth-order valence-corrected chi connectivity index (χ4v) is 4.18. The van der Waals surface area contributed by atoms with E-state index in [2.05, 4.69) is 5.32 Å². The molecule has 1 fully saturated rings. The normalized spacial score (nSPS) is 15.6. The van der Waals surface area contributed by atoms with Crippen LogP contribution in [0.25, 0.3) is 0 Å². The molecule has 1 heterocycles. The van der Waals surface area contributed by atoms with E-state index < -0.39 is 5.41 Å². The van der Waals surface area contributed by atoms with Crippen LogP contribution in [-0.4, -0.2) is 44.0 Å². The van der Waals surface area contributed by atoms with E-state index in [1.54, 1.807) is 38.4 Å². The molecule has 29 heavy (non-hydrogen) atoms. The fraction of sp³-hybridized carbons (Fsp3) is 0.364. The Morgan fingerprint density at radius 3 is 2.31 bits per heavy atom. The summed E-state index contributed by atoms with van der Waals surface area (Å²) in [6, 6.07) is 12.5. The van der Waals surface area contributed by atoms with E-state index in [0.29, 0.717) is 48.2 Å². The molecule has 1 aliphatic rings. The molecule has 1 aliphatic heterocycles. The number of ether oxygens (including phenoxy) is 1. The van der Waals surface area contributed by atoms with E-state index in [1.165, 1.54) is 4.90 Å². The zero-order valence-corrected chi connectivity index (χ0v) is 18.0. The van der Waals surface area contributed by atoms with Gasteiger partial charge in [0.25, 0.3) is 5.91 Å². The second kappa shape index (κ2) is 9.16. The molecule has 1 saturated heterocycles. The highest BCUT2D eigenvalue weighted by Gasteiger charge is 2.42. The predicted molar refractivity (Wildman–Crippen MR) is 114 cm³/mol. The first kappa shape index (κ1) is 21.6.